The number of hydrogen-bond acceptors (Lipinski definition) is 5. The van der Waals surface area contributed by atoms with Crippen LogP contribution in [0.5, 0.6) is 0 Å². The maximum Gasteiger partial charge on any atom is 0.163 e. The minimum atomic E-state index is -0.525. The molecule has 6 heteroatoms. The van der Waals surface area contributed by atoms with E-state index in [1.54, 1.807) is 6.92 Å². The Hall–Kier alpha value is -1.85. The van der Waals surface area contributed by atoms with Gasteiger partial charge in [0.25, 0.3) is 0 Å². The second-order valence-electron chi connectivity index (χ2n) is 4.87. The van der Waals surface area contributed by atoms with Crippen molar-refractivity contribution in [1.29, 1.82) is 0 Å². The molecular weight excluding hydrogens is 288 g/mol. The standard InChI is InChI=1S/C15H19ClN4O/c1-3-11(9(2)21)18-15-12(17)13(16)19-14(20-15)10-7-5-4-6-8-10/h4-9,11,21H,3,17H2,1-2H3,(H,18,19,20)/t9-,11+/m1/s1. The molecule has 1 aromatic carbocycles. The maximum absolute atomic E-state index is 9.74. The Morgan fingerprint density at radius 2 is 1.95 bits per heavy atom. The number of aromatic nitrogens is 2. The lowest BCUT2D eigenvalue weighted by Crippen LogP contribution is -2.31. The van der Waals surface area contributed by atoms with Gasteiger partial charge in [-0.2, -0.15) is 0 Å². The maximum atomic E-state index is 9.74. The summed E-state index contributed by atoms with van der Waals surface area (Å²) in [6, 6.07) is 9.38. The summed E-state index contributed by atoms with van der Waals surface area (Å²) in [6.45, 7) is 3.69. The number of rotatable bonds is 5. The Morgan fingerprint density at radius 3 is 2.52 bits per heavy atom. The smallest absolute Gasteiger partial charge is 0.163 e. The molecule has 0 fully saturated rings. The van der Waals surface area contributed by atoms with E-state index in [-0.39, 0.29) is 16.9 Å². The van der Waals surface area contributed by atoms with Crippen LogP contribution in [-0.2, 0) is 0 Å². The summed E-state index contributed by atoms with van der Waals surface area (Å²) in [5.41, 5.74) is 7.07. The number of nitrogens with two attached hydrogens (primary N) is 1. The first kappa shape index (κ1) is 15.5. The molecule has 5 nitrogen and oxygen atoms in total. The van der Waals surface area contributed by atoms with Crippen LogP contribution >= 0.6 is 11.6 Å². The summed E-state index contributed by atoms with van der Waals surface area (Å²) < 4.78 is 0. The van der Waals surface area contributed by atoms with Crippen LogP contribution in [0.15, 0.2) is 30.3 Å². The molecule has 21 heavy (non-hydrogen) atoms. The van der Waals surface area contributed by atoms with Crippen molar-refractivity contribution in [2.45, 2.75) is 32.4 Å². The summed E-state index contributed by atoms with van der Waals surface area (Å²) in [7, 11) is 0. The van der Waals surface area contributed by atoms with Crippen molar-refractivity contribution >= 4 is 23.1 Å². The molecule has 2 aromatic rings. The molecular formula is C15H19ClN4O. The number of anilines is 2. The highest BCUT2D eigenvalue weighted by atomic mass is 35.5. The van der Waals surface area contributed by atoms with Crippen LogP contribution in [0.1, 0.15) is 20.3 Å². The second-order valence-corrected chi connectivity index (χ2v) is 5.22. The van der Waals surface area contributed by atoms with E-state index in [1.807, 2.05) is 37.3 Å². The van der Waals surface area contributed by atoms with Crippen LogP contribution in [0.25, 0.3) is 11.4 Å². The lowest BCUT2D eigenvalue weighted by Gasteiger charge is -2.21. The molecule has 1 heterocycles. The van der Waals surface area contributed by atoms with Crippen LogP contribution in [0.2, 0.25) is 5.15 Å². The molecule has 2 atom stereocenters. The molecule has 0 unspecified atom stereocenters. The van der Waals surface area contributed by atoms with Gasteiger partial charge in [-0.05, 0) is 13.3 Å². The number of nitrogens with zero attached hydrogens (tertiary/aromatic N) is 2. The van der Waals surface area contributed by atoms with E-state index in [2.05, 4.69) is 15.3 Å². The van der Waals surface area contributed by atoms with Crippen molar-refractivity contribution in [2.75, 3.05) is 11.1 Å². The molecule has 0 saturated carbocycles. The average molecular weight is 307 g/mol. The molecule has 0 saturated heterocycles. The molecule has 4 N–H and O–H groups in total. The fourth-order valence-electron chi connectivity index (χ4n) is 2.01. The third kappa shape index (κ3) is 3.62. The fourth-order valence-corrected chi connectivity index (χ4v) is 2.18. The van der Waals surface area contributed by atoms with Gasteiger partial charge in [-0.1, -0.05) is 48.9 Å². The van der Waals surface area contributed by atoms with Gasteiger partial charge in [-0.25, -0.2) is 9.97 Å². The van der Waals surface area contributed by atoms with Gasteiger partial charge < -0.3 is 16.2 Å². The number of nitrogen functional groups attached to an aromatic ring is 1. The van der Waals surface area contributed by atoms with Crippen LogP contribution < -0.4 is 11.1 Å². The van der Waals surface area contributed by atoms with Crippen molar-refractivity contribution in [1.82, 2.24) is 9.97 Å². The number of nitrogens with one attached hydrogen (secondary N) is 1. The van der Waals surface area contributed by atoms with Crippen LogP contribution in [-0.4, -0.2) is 27.2 Å². The summed E-state index contributed by atoms with van der Waals surface area (Å²) in [4.78, 5) is 8.64. The molecule has 0 aliphatic rings. The topological polar surface area (TPSA) is 84.1 Å². The van der Waals surface area contributed by atoms with Gasteiger partial charge in [-0.3, -0.25) is 0 Å². The SMILES string of the molecule is CC[C@H](Nc1nc(-c2ccccc2)nc(Cl)c1N)[C@@H](C)O. The van der Waals surface area contributed by atoms with Gasteiger partial charge in [0.2, 0.25) is 0 Å². The van der Waals surface area contributed by atoms with E-state index < -0.39 is 6.10 Å². The highest BCUT2D eigenvalue weighted by molar-refractivity contribution is 6.32. The van der Waals surface area contributed by atoms with Crippen molar-refractivity contribution in [2.24, 2.45) is 0 Å². The van der Waals surface area contributed by atoms with Crippen molar-refractivity contribution in [3.8, 4) is 11.4 Å². The van der Waals surface area contributed by atoms with Gasteiger partial charge in [-0.15, -0.1) is 0 Å². The highest BCUT2D eigenvalue weighted by Gasteiger charge is 2.17. The first-order valence-electron chi connectivity index (χ1n) is 6.86. The van der Waals surface area contributed by atoms with E-state index in [9.17, 15) is 5.11 Å². The Morgan fingerprint density at radius 1 is 1.29 bits per heavy atom. The molecule has 112 valence electrons. The largest absolute Gasteiger partial charge is 0.393 e. The Labute approximate surface area is 129 Å². The van der Waals surface area contributed by atoms with Crippen molar-refractivity contribution < 1.29 is 5.11 Å². The Kier molecular flexibility index (Phi) is 4.98. The zero-order valence-corrected chi connectivity index (χ0v) is 12.8. The van der Waals surface area contributed by atoms with Gasteiger partial charge in [0.15, 0.2) is 16.8 Å². The number of aliphatic hydroxyl groups excluding tert-OH is 1. The van der Waals surface area contributed by atoms with Crippen LogP contribution in [0, 0.1) is 0 Å². The highest BCUT2D eigenvalue weighted by Crippen LogP contribution is 2.28. The third-order valence-corrected chi connectivity index (χ3v) is 3.56. The lowest BCUT2D eigenvalue weighted by molar-refractivity contribution is 0.169. The van der Waals surface area contributed by atoms with E-state index in [1.165, 1.54) is 0 Å². The monoisotopic (exact) mass is 306 g/mol. The normalized spacial score (nSPS) is 13.7. The quantitative estimate of drug-likeness (QED) is 0.740. The third-order valence-electron chi connectivity index (χ3n) is 3.28. The minimum Gasteiger partial charge on any atom is -0.393 e. The predicted octanol–water partition coefficient (Wildman–Crippen LogP) is 2.95. The first-order chi connectivity index (χ1) is 10.0. The second kappa shape index (κ2) is 6.74. The van der Waals surface area contributed by atoms with E-state index in [0.29, 0.717) is 11.6 Å². The average Bonchev–Trinajstić information content (AvgIpc) is 2.49. The van der Waals surface area contributed by atoms with Crippen LogP contribution in [0.3, 0.4) is 0 Å². The minimum absolute atomic E-state index is 0.151. The van der Waals surface area contributed by atoms with E-state index >= 15 is 0 Å². The molecule has 0 bridgehead atoms. The zero-order valence-electron chi connectivity index (χ0n) is 12.0. The number of benzene rings is 1. The summed E-state index contributed by atoms with van der Waals surface area (Å²) in [5.74, 6) is 0.944. The summed E-state index contributed by atoms with van der Waals surface area (Å²) >= 11 is 6.10. The molecule has 0 spiro atoms. The van der Waals surface area contributed by atoms with Gasteiger partial charge in [0.05, 0.1) is 12.1 Å². The van der Waals surface area contributed by atoms with E-state index in [4.69, 9.17) is 17.3 Å². The van der Waals surface area contributed by atoms with E-state index in [0.717, 1.165) is 12.0 Å². The van der Waals surface area contributed by atoms with Gasteiger partial charge >= 0.3 is 0 Å². The van der Waals surface area contributed by atoms with Crippen molar-refractivity contribution in [3.63, 3.8) is 0 Å². The molecule has 0 aliphatic carbocycles. The molecule has 1 aromatic heterocycles. The van der Waals surface area contributed by atoms with Crippen molar-refractivity contribution in [3.05, 3.63) is 35.5 Å². The van der Waals surface area contributed by atoms with Gasteiger partial charge in [0.1, 0.15) is 5.69 Å². The number of hydrogen-bond donors (Lipinski definition) is 3. The molecule has 0 amide bonds. The molecule has 0 aliphatic heterocycles. The predicted molar refractivity (Wildman–Crippen MR) is 86.3 cm³/mol. The lowest BCUT2D eigenvalue weighted by atomic mass is 10.1. The first-order valence-corrected chi connectivity index (χ1v) is 7.23. The summed E-state index contributed by atoms with van der Waals surface area (Å²) in [6.07, 6.45) is 0.211. The number of halogens is 1. The fraction of sp³-hybridized carbons (Fsp3) is 0.333. The summed E-state index contributed by atoms with van der Waals surface area (Å²) in [5, 5.41) is 13.1. The van der Waals surface area contributed by atoms with Gasteiger partial charge in [0, 0.05) is 5.56 Å². The van der Waals surface area contributed by atoms with Crippen LogP contribution in [0.4, 0.5) is 11.5 Å². The zero-order chi connectivity index (χ0) is 15.4. The molecule has 0 radical (unpaired) electrons. The number of aliphatic hydroxyl groups is 1. The molecule has 2 rings (SSSR count). The Bertz CT molecular complexity index is 604. The Balaban J connectivity index is 2.40.